The van der Waals surface area contributed by atoms with Crippen molar-refractivity contribution in [2.45, 2.75) is 32.6 Å². The molecule has 0 saturated carbocycles. The molecule has 3 heteroatoms. The van der Waals surface area contributed by atoms with E-state index in [2.05, 4.69) is 73.7 Å². The molecular formula is C23H29OPRh. The SMILES string of the molecule is C1=CCCC=CCC1.CCP(c1ccccc1)c1ccccc1OC.[Rh]. The standard InChI is InChI=1S/C15H17OP.C8H12.Rh/c1-3-17(13-9-5-4-6-10-13)15-12-8-7-11-14(15)16-2;1-2-4-6-8-7-5-3-1;/h4-12H,3H2,1-2H3;1-2,7-8H,3-6H2;. The molecule has 1 nitrogen and oxygen atoms in total. The number of methoxy groups -OCH3 is 1. The molecule has 0 aromatic heterocycles. The van der Waals surface area contributed by atoms with E-state index >= 15 is 0 Å². The summed E-state index contributed by atoms with van der Waals surface area (Å²) in [6, 6.07) is 19.0. The molecule has 0 N–H and O–H groups in total. The monoisotopic (exact) mass is 455 g/mol. The average Bonchev–Trinajstić information content (AvgIpc) is 2.64. The maximum Gasteiger partial charge on any atom is 0.126 e. The summed E-state index contributed by atoms with van der Waals surface area (Å²) in [6.45, 7) is 2.24. The van der Waals surface area contributed by atoms with Crippen LogP contribution in [-0.4, -0.2) is 13.3 Å². The van der Waals surface area contributed by atoms with Crippen molar-refractivity contribution in [3.8, 4) is 5.75 Å². The molecule has 2 aromatic carbocycles. The molecular weight excluding hydrogens is 426 g/mol. The van der Waals surface area contributed by atoms with Gasteiger partial charge in [0.1, 0.15) is 5.75 Å². The van der Waals surface area contributed by atoms with Crippen molar-refractivity contribution in [3.05, 3.63) is 78.9 Å². The van der Waals surface area contributed by atoms with Gasteiger partial charge in [-0.1, -0.05) is 79.8 Å². The largest absolute Gasteiger partial charge is 0.496 e. The number of hydrogen-bond acceptors (Lipinski definition) is 1. The molecule has 0 saturated heterocycles. The van der Waals surface area contributed by atoms with Crippen LogP contribution in [0.4, 0.5) is 0 Å². The molecule has 1 unspecified atom stereocenters. The van der Waals surface area contributed by atoms with E-state index < -0.39 is 0 Å². The second-order valence-corrected chi connectivity index (χ2v) is 8.34. The smallest absolute Gasteiger partial charge is 0.126 e. The summed E-state index contributed by atoms with van der Waals surface area (Å²) >= 11 is 0. The zero-order valence-corrected chi connectivity index (χ0v) is 18.3. The maximum atomic E-state index is 5.47. The van der Waals surface area contributed by atoms with E-state index in [-0.39, 0.29) is 27.4 Å². The third-order valence-electron chi connectivity index (χ3n) is 4.09. The second kappa shape index (κ2) is 13.9. The van der Waals surface area contributed by atoms with Crippen LogP contribution in [-0.2, 0) is 19.5 Å². The third kappa shape index (κ3) is 7.57. The van der Waals surface area contributed by atoms with E-state index in [0.717, 1.165) is 11.9 Å². The molecule has 0 aliphatic heterocycles. The second-order valence-electron chi connectivity index (χ2n) is 5.85. The summed E-state index contributed by atoms with van der Waals surface area (Å²) in [6.07, 6.45) is 15.1. The van der Waals surface area contributed by atoms with Gasteiger partial charge in [0, 0.05) is 24.8 Å². The molecule has 0 heterocycles. The number of ether oxygens (including phenoxy) is 1. The Morgan fingerprint density at radius 2 is 1.27 bits per heavy atom. The first kappa shape index (κ1) is 22.8. The fraction of sp³-hybridized carbons (Fsp3) is 0.304. The number of rotatable bonds is 4. The van der Waals surface area contributed by atoms with Crippen molar-refractivity contribution >= 4 is 18.5 Å². The molecule has 0 amide bonds. The molecule has 26 heavy (non-hydrogen) atoms. The Morgan fingerprint density at radius 3 is 1.77 bits per heavy atom. The number of hydrogen-bond donors (Lipinski definition) is 0. The maximum absolute atomic E-state index is 5.47. The molecule has 1 atom stereocenters. The van der Waals surface area contributed by atoms with Gasteiger partial charge in [-0.3, -0.25) is 0 Å². The molecule has 0 spiro atoms. The molecule has 1 aliphatic carbocycles. The Bertz CT molecular complexity index is 641. The minimum absolute atomic E-state index is 0. The molecule has 1 radical (unpaired) electrons. The van der Waals surface area contributed by atoms with E-state index in [1.54, 1.807) is 7.11 Å². The molecule has 0 fully saturated rings. The predicted octanol–water partition coefficient (Wildman–Crippen LogP) is 5.82. The van der Waals surface area contributed by atoms with Gasteiger partial charge in [0.15, 0.2) is 0 Å². The van der Waals surface area contributed by atoms with Gasteiger partial charge < -0.3 is 4.74 Å². The van der Waals surface area contributed by atoms with Crippen molar-refractivity contribution in [2.24, 2.45) is 0 Å². The normalized spacial score (nSPS) is 14.1. The van der Waals surface area contributed by atoms with Crippen LogP contribution < -0.4 is 15.3 Å². The van der Waals surface area contributed by atoms with E-state index in [0.29, 0.717) is 0 Å². The fourth-order valence-corrected chi connectivity index (χ4v) is 5.02. The predicted molar refractivity (Wildman–Crippen MR) is 113 cm³/mol. The number of allylic oxidation sites excluding steroid dienone is 4. The first-order chi connectivity index (χ1) is 12.4. The van der Waals surface area contributed by atoms with Gasteiger partial charge >= 0.3 is 0 Å². The van der Waals surface area contributed by atoms with Crippen molar-refractivity contribution < 1.29 is 24.2 Å². The minimum Gasteiger partial charge on any atom is -0.496 e. The van der Waals surface area contributed by atoms with Gasteiger partial charge in [0.25, 0.3) is 0 Å². The number of para-hydroxylation sites is 1. The van der Waals surface area contributed by atoms with Gasteiger partial charge in [-0.15, -0.1) is 0 Å². The fourth-order valence-electron chi connectivity index (χ4n) is 2.81. The third-order valence-corrected chi connectivity index (χ3v) is 6.60. The van der Waals surface area contributed by atoms with Crippen LogP contribution >= 0.6 is 7.92 Å². The van der Waals surface area contributed by atoms with Gasteiger partial charge in [-0.05, 0) is 51.1 Å². The summed E-state index contributed by atoms with van der Waals surface area (Å²) in [5, 5.41) is 2.74. The summed E-state index contributed by atoms with van der Waals surface area (Å²) in [5.74, 6) is 1.00. The van der Waals surface area contributed by atoms with Crippen LogP contribution in [0.3, 0.4) is 0 Å². The average molecular weight is 455 g/mol. The van der Waals surface area contributed by atoms with Crippen LogP contribution in [0.25, 0.3) is 0 Å². The van der Waals surface area contributed by atoms with Crippen molar-refractivity contribution in [3.63, 3.8) is 0 Å². The topological polar surface area (TPSA) is 9.23 Å². The first-order valence-electron chi connectivity index (χ1n) is 9.12. The first-order valence-corrected chi connectivity index (χ1v) is 10.6. The Hall–Kier alpha value is -1.23. The van der Waals surface area contributed by atoms with E-state index in [4.69, 9.17) is 4.74 Å². The van der Waals surface area contributed by atoms with Gasteiger partial charge in [-0.2, -0.15) is 0 Å². The Kier molecular flexibility index (Phi) is 12.2. The quantitative estimate of drug-likeness (QED) is 0.321. The molecule has 0 bridgehead atoms. The summed E-state index contributed by atoms with van der Waals surface area (Å²) in [4.78, 5) is 0. The Balaban J connectivity index is 0.000000318. The van der Waals surface area contributed by atoms with Crippen LogP contribution in [0.5, 0.6) is 5.75 Å². The Morgan fingerprint density at radius 1 is 0.769 bits per heavy atom. The molecule has 2 aromatic rings. The summed E-state index contributed by atoms with van der Waals surface area (Å²) in [5.41, 5.74) is 0. The molecule has 141 valence electrons. The van der Waals surface area contributed by atoms with Crippen LogP contribution in [0.1, 0.15) is 32.6 Å². The minimum atomic E-state index is -0.300. The number of benzene rings is 2. The molecule has 1 aliphatic rings. The van der Waals surface area contributed by atoms with Crippen molar-refractivity contribution in [2.75, 3.05) is 13.3 Å². The van der Waals surface area contributed by atoms with E-state index in [1.165, 1.54) is 36.3 Å². The van der Waals surface area contributed by atoms with Gasteiger partial charge in [-0.25, -0.2) is 0 Å². The van der Waals surface area contributed by atoms with Gasteiger partial charge in [0.2, 0.25) is 0 Å². The van der Waals surface area contributed by atoms with Gasteiger partial charge in [0.05, 0.1) is 7.11 Å². The van der Waals surface area contributed by atoms with Crippen LogP contribution in [0.15, 0.2) is 78.9 Å². The zero-order chi connectivity index (χ0) is 17.7. The summed E-state index contributed by atoms with van der Waals surface area (Å²) in [7, 11) is 1.44. The Labute approximate surface area is 173 Å². The zero-order valence-electron chi connectivity index (χ0n) is 15.7. The molecule has 3 rings (SSSR count). The van der Waals surface area contributed by atoms with E-state index in [1.807, 2.05) is 12.1 Å². The van der Waals surface area contributed by atoms with Crippen LogP contribution in [0.2, 0.25) is 0 Å². The summed E-state index contributed by atoms with van der Waals surface area (Å²) < 4.78 is 5.47. The van der Waals surface area contributed by atoms with E-state index in [9.17, 15) is 0 Å². The van der Waals surface area contributed by atoms with Crippen molar-refractivity contribution in [1.82, 2.24) is 0 Å². The van der Waals surface area contributed by atoms with Crippen LogP contribution in [0, 0.1) is 0 Å². The van der Waals surface area contributed by atoms with Crippen molar-refractivity contribution in [1.29, 1.82) is 0 Å².